The van der Waals surface area contributed by atoms with Gasteiger partial charge in [0, 0.05) is 11.4 Å². The van der Waals surface area contributed by atoms with Crippen LogP contribution in [0.5, 0.6) is 5.75 Å². The molecule has 0 saturated carbocycles. The van der Waals surface area contributed by atoms with E-state index in [1.807, 2.05) is 18.2 Å². The number of hydrogen-bond acceptors (Lipinski definition) is 1. The average molecular weight is 424 g/mol. The van der Waals surface area contributed by atoms with E-state index in [0.717, 1.165) is 18.6 Å². The molecule has 0 spiro atoms. The van der Waals surface area contributed by atoms with Crippen LogP contribution in [0.25, 0.3) is 11.3 Å². The fourth-order valence-electron chi connectivity index (χ4n) is 4.42. The molecule has 1 atom stereocenters. The van der Waals surface area contributed by atoms with Crippen LogP contribution >= 0.6 is 0 Å². The lowest BCUT2D eigenvalue weighted by molar-refractivity contribution is 0.306. The van der Waals surface area contributed by atoms with Crippen molar-refractivity contribution in [3.05, 3.63) is 113 Å². The average Bonchev–Trinajstić information content (AvgIpc) is 3.21. The molecule has 4 aromatic rings. The molecule has 0 N–H and O–H groups in total. The van der Waals surface area contributed by atoms with Gasteiger partial charge in [-0.1, -0.05) is 74.9 Å². The van der Waals surface area contributed by atoms with Crippen molar-refractivity contribution in [2.45, 2.75) is 52.7 Å². The summed E-state index contributed by atoms with van der Waals surface area (Å²) in [7, 11) is 0. The Labute approximate surface area is 192 Å². The monoisotopic (exact) mass is 423 g/mol. The Morgan fingerprint density at radius 1 is 0.750 bits per heavy atom. The van der Waals surface area contributed by atoms with Crippen molar-refractivity contribution in [3.63, 3.8) is 0 Å². The normalized spacial score (nSPS) is 12.0. The predicted molar refractivity (Wildman–Crippen MR) is 134 cm³/mol. The predicted octanol–water partition coefficient (Wildman–Crippen LogP) is 7.99. The van der Waals surface area contributed by atoms with Gasteiger partial charge >= 0.3 is 0 Å². The summed E-state index contributed by atoms with van der Waals surface area (Å²) < 4.78 is 8.46. The van der Waals surface area contributed by atoms with E-state index in [1.165, 1.54) is 40.1 Å². The molecular formula is C30H33NO. The van der Waals surface area contributed by atoms with E-state index < -0.39 is 0 Å². The maximum Gasteiger partial charge on any atom is 0.119 e. The number of hydrogen-bond donors (Lipinski definition) is 0. The zero-order valence-electron chi connectivity index (χ0n) is 19.4. The second kappa shape index (κ2) is 10.4. The third kappa shape index (κ3) is 4.96. The Morgan fingerprint density at radius 2 is 1.47 bits per heavy atom. The first kappa shape index (κ1) is 22.0. The third-order valence-electron chi connectivity index (χ3n) is 6.12. The summed E-state index contributed by atoms with van der Waals surface area (Å²) in [4.78, 5) is 0. The van der Waals surface area contributed by atoms with Gasteiger partial charge in [-0.05, 0) is 78.4 Å². The highest BCUT2D eigenvalue weighted by molar-refractivity contribution is 5.62. The maximum absolute atomic E-state index is 5.98. The van der Waals surface area contributed by atoms with Gasteiger partial charge in [-0.2, -0.15) is 0 Å². The SMILES string of the molecule is CCCc1ccc(C(CC)n2c(C)ccc2-c2ccc(OCc3ccccc3)cc2)cc1. The topological polar surface area (TPSA) is 14.2 Å². The zero-order chi connectivity index (χ0) is 22.3. The van der Waals surface area contributed by atoms with Crippen molar-refractivity contribution in [2.75, 3.05) is 0 Å². The van der Waals surface area contributed by atoms with Gasteiger partial charge in [-0.3, -0.25) is 0 Å². The first-order valence-electron chi connectivity index (χ1n) is 11.7. The van der Waals surface area contributed by atoms with Crippen LogP contribution in [-0.4, -0.2) is 4.57 Å². The van der Waals surface area contributed by atoms with Crippen molar-refractivity contribution in [2.24, 2.45) is 0 Å². The Bertz CT molecular complexity index is 1110. The molecule has 1 heterocycles. The van der Waals surface area contributed by atoms with Gasteiger partial charge in [0.05, 0.1) is 6.04 Å². The van der Waals surface area contributed by atoms with Gasteiger partial charge in [-0.15, -0.1) is 0 Å². The van der Waals surface area contributed by atoms with Gasteiger partial charge < -0.3 is 9.30 Å². The maximum atomic E-state index is 5.98. The third-order valence-corrected chi connectivity index (χ3v) is 6.12. The highest BCUT2D eigenvalue weighted by Crippen LogP contribution is 2.33. The highest BCUT2D eigenvalue weighted by Gasteiger charge is 2.18. The van der Waals surface area contributed by atoms with Crippen molar-refractivity contribution in [1.82, 2.24) is 4.57 Å². The van der Waals surface area contributed by atoms with Crippen LogP contribution in [0.15, 0.2) is 91.0 Å². The van der Waals surface area contributed by atoms with E-state index in [0.29, 0.717) is 12.6 Å². The van der Waals surface area contributed by atoms with Gasteiger partial charge in [0.15, 0.2) is 0 Å². The Kier molecular flexibility index (Phi) is 7.11. The second-order valence-electron chi connectivity index (χ2n) is 8.44. The van der Waals surface area contributed by atoms with Gasteiger partial charge in [-0.25, -0.2) is 0 Å². The summed E-state index contributed by atoms with van der Waals surface area (Å²) in [6, 6.07) is 32.8. The van der Waals surface area contributed by atoms with Crippen LogP contribution in [0.2, 0.25) is 0 Å². The lowest BCUT2D eigenvalue weighted by atomic mass is 10.00. The molecular weight excluding hydrogens is 390 g/mol. The minimum Gasteiger partial charge on any atom is -0.489 e. The molecule has 164 valence electrons. The summed E-state index contributed by atoms with van der Waals surface area (Å²) in [5, 5.41) is 0. The molecule has 0 amide bonds. The molecule has 1 unspecified atom stereocenters. The molecule has 4 rings (SSSR count). The minimum atomic E-state index is 0.324. The molecule has 0 aliphatic heterocycles. The van der Waals surface area contributed by atoms with E-state index >= 15 is 0 Å². The number of rotatable bonds is 9. The summed E-state index contributed by atoms with van der Waals surface area (Å²) in [6.07, 6.45) is 3.37. The Balaban J connectivity index is 1.56. The molecule has 0 bridgehead atoms. The van der Waals surface area contributed by atoms with Gasteiger partial charge in [0.1, 0.15) is 12.4 Å². The van der Waals surface area contributed by atoms with E-state index in [9.17, 15) is 0 Å². The molecule has 1 aromatic heterocycles. The molecule has 32 heavy (non-hydrogen) atoms. The Morgan fingerprint density at radius 3 is 2.12 bits per heavy atom. The van der Waals surface area contributed by atoms with E-state index in [-0.39, 0.29) is 0 Å². The molecule has 2 nitrogen and oxygen atoms in total. The van der Waals surface area contributed by atoms with Crippen LogP contribution < -0.4 is 4.74 Å². The molecule has 0 radical (unpaired) electrons. The minimum absolute atomic E-state index is 0.324. The zero-order valence-corrected chi connectivity index (χ0v) is 19.4. The first-order chi connectivity index (χ1) is 15.7. The van der Waals surface area contributed by atoms with Crippen LogP contribution in [0.3, 0.4) is 0 Å². The molecule has 0 aliphatic rings. The smallest absolute Gasteiger partial charge is 0.119 e. The Hall–Kier alpha value is -3.26. The van der Waals surface area contributed by atoms with E-state index in [4.69, 9.17) is 4.74 Å². The molecule has 2 heteroatoms. The number of ether oxygens (including phenoxy) is 1. The largest absolute Gasteiger partial charge is 0.489 e. The van der Waals surface area contributed by atoms with Crippen LogP contribution in [0.4, 0.5) is 0 Å². The van der Waals surface area contributed by atoms with Crippen molar-refractivity contribution in [1.29, 1.82) is 0 Å². The van der Waals surface area contributed by atoms with E-state index in [2.05, 4.69) is 98.1 Å². The molecule has 0 aliphatic carbocycles. The molecule has 3 aromatic carbocycles. The summed E-state index contributed by atoms with van der Waals surface area (Å²) in [5.74, 6) is 0.894. The fraction of sp³-hybridized carbons (Fsp3) is 0.267. The number of aryl methyl sites for hydroxylation is 2. The van der Waals surface area contributed by atoms with Gasteiger partial charge in [0.25, 0.3) is 0 Å². The second-order valence-corrected chi connectivity index (χ2v) is 8.44. The van der Waals surface area contributed by atoms with Crippen LogP contribution in [-0.2, 0) is 13.0 Å². The first-order valence-corrected chi connectivity index (χ1v) is 11.7. The quantitative estimate of drug-likeness (QED) is 0.266. The lowest BCUT2D eigenvalue weighted by Gasteiger charge is -2.23. The van der Waals surface area contributed by atoms with Crippen molar-refractivity contribution in [3.8, 4) is 17.0 Å². The number of aromatic nitrogens is 1. The lowest BCUT2D eigenvalue weighted by Crippen LogP contribution is -2.12. The number of nitrogens with zero attached hydrogens (tertiary/aromatic N) is 1. The van der Waals surface area contributed by atoms with Crippen molar-refractivity contribution >= 4 is 0 Å². The van der Waals surface area contributed by atoms with Crippen LogP contribution in [0.1, 0.15) is 55.1 Å². The number of benzene rings is 3. The highest BCUT2D eigenvalue weighted by atomic mass is 16.5. The summed E-state index contributed by atoms with van der Waals surface area (Å²) in [5.41, 5.74) is 7.72. The van der Waals surface area contributed by atoms with Crippen molar-refractivity contribution < 1.29 is 4.74 Å². The molecule has 0 saturated heterocycles. The summed E-state index contributed by atoms with van der Waals surface area (Å²) >= 11 is 0. The molecule has 0 fully saturated rings. The fourth-order valence-corrected chi connectivity index (χ4v) is 4.42. The van der Waals surface area contributed by atoms with Gasteiger partial charge in [0.2, 0.25) is 0 Å². The summed E-state index contributed by atoms with van der Waals surface area (Å²) in [6.45, 7) is 7.29. The standard InChI is InChI=1S/C30H33NO/c1-4-9-24-13-15-26(16-14-24)29(5-2)31-23(3)12-21-30(31)27-17-19-28(20-18-27)32-22-25-10-7-6-8-11-25/h6-8,10-21,29H,4-5,9,22H2,1-3H3. The van der Waals surface area contributed by atoms with E-state index in [1.54, 1.807) is 0 Å². The van der Waals surface area contributed by atoms with Crippen LogP contribution in [0, 0.1) is 6.92 Å².